The van der Waals surface area contributed by atoms with Gasteiger partial charge in [0.2, 0.25) is 0 Å². The summed E-state index contributed by atoms with van der Waals surface area (Å²) in [7, 11) is 1.43. The molecule has 1 aliphatic carbocycles. The van der Waals surface area contributed by atoms with Crippen molar-refractivity contribution in [3.63, 3.8) is 0 Å². The molecule has 0 aliphatic heterocycles. The Morgan fingerprint density at radius 1 is 1.15 bits per heavy atom. The van der Waals surface area contributed by atoms with Gasteiger partial charge in [0.25, 0.3) is 0 Å². The first-order valence-electron chi connectivity index (χ1n) is 6.98. The lowest BCUT2D eigenvalue weighted by Crippen LogP contribution is -2.25. The molecular formula is C15H21F2NO2. The van der Waals surface area contributed by atoms with Crippen LogP contribution in [0.2, 0.25) is 0 Å². The summed E-state index contributed by atoms with van der Waals surface area (Å²) in [5.41, 5.74) is 0.793. The number of hydrogen-bond acceptors (Lipinski definition) is 3. The fourth-order valence-corrected chi connectivity index (χ4v) is 2.59. The normalized spacial score (nSPS) is 22.6. The molecule has 1 saturated carbocycles. The highest BCUT2D eigenvalue weighted by Crippen LogP contribution is 2.33. The molecule has 0 atom stereocenters. The molecule has 5 heteroatoms. The van der Waals surface area contributed by atoms with E-state index in [0.29, 0.717) is 11.8 Å². The summed E-state index contributed by atoms with van der Waals surface area (Å²) >= 11 is 0. The zero-order chi connectivity index (χ0) is 14.5. The van der Waals surface area contributed by atoms with Gasteiger partial charge in [0, 0.05) is 17.8 Å². The van der Waals surface area contributed by atoms with E-state index in [0.717, 1.165) is 24.4 Å². The SMILES string of the molecule is COc1ccc(NC2CCC(C)CC2)cc1OC(F)F. The number of benzene rings is 1. The fraction of sp³-hybridized carbons (Fsp3) is 0.600. The smallest absolute Gasteiger partial charge is 0.387 e. The van der Waals surface area contributed by atoms with E-state index in [1.807, 2.05) is 6.07 Å². The van der Waals surface area contributed by atoms with Crippen LogP contribution < -0.4 is 14.8 Å². The Morgan fingerprint density at radius 2 is 1.85 bits per heavy atom. The molecule has 0 unspecified atom stereocenters. The number of rotatable bonds is 5. The summed E-state index contributed by atoms with van der Waals surface area (Å²) in [6.07, 6.45) is 4.62. The highest BCUT2D eigenvalue weighted by molar-refractivity contribution is 5.55. The first kappa shape index (κ1) is 14.9. The molecule has 1 aromatic carbocycles. The molecule has 0 radical (unpaired) electrons. The summed E-state index contributed by atoms with van der Waals surface area (Å²) in [4.78, 5) is 0. The zero-order valence-electron chi connectivity index (χ0n) is 11.9. The summed E-state index contributed by atoms with van der Waals surface area (Å²) in [5.74, 6) is 1.16. The lowest BCUT2D eigenvalue weighted by molar-refractivity contribution is -0.0511. The summed E-state index contributed by atoms with van der Waals surface area (Å²) in [6, 6.07) is 5.45. The number of methoxy groups -OCH3 is 1. The fourth-order valence-electron chi connectivity index (χ4n) is 2.59. The molecule has 0 heterocycles. The minimum Gasteiger partial charge on any atom is -0.493 e. The molecule has 112 valence electrons. The van der Waals surface area contributed by atoms with Crippen molar-refractivity contribution in [2.75, 3.05) is 12.4 Å². The van der Waals surface area contributed by atoms with Crippen LogP contribution in [0.5, 0.6) is 11.5 Å². The largest absolute Gasteiger partial charge is 0.493 e. The monoisotopic (exact) mass is 285 g/mol. The molecule has 0 spiro atoms. The van der Waals surface area contributed by atoms with Crippen molar-refractivity contribution < 1.29 is 18.3 Å². The average Bonchev–Trinajstić information content (AvgIpc) is 2.41. The van der Waals surface area contributed by atoms with Gasteiger partial charge in [-0.2, -0.15) is 8.78 Å². The number of halogens is 2. The van der Waals surface area contributed by atoms with E-state index in [2.05, 4.69) is 17.0 Å². The molecule has 0 aromatic heterocycles. The Labute approximate surface area is 118 Å². The molecule has 1 aliphatic rings. The second-order valence-electron chi connectivity index (χ2n) is 5.35. The Kier molecular flexibility index (Phi) is 5.04. The van der Waals surface area contributed by atoms with Gasteiger partial charge in [0.15, 0.2) is 11.5 Å². The van der Waals surface area contributed by atoms with Crippen LogP contribution in [0, 0.1) is 5.92 Å². The minimum atomic E-state index is -2.85. The van der Waals surface area contributed by atoms with Gasteiger partial charge in [-0.1, -0.05) is 6.92 Å². The van der Waals surface area contributed by atoms with Crippen molar-refractivity contribution in [2.45, 2.75) is 45.3 Å². The zero-order valence-corrected chi connectivity index (χ0v) is 11.9. The van der Waals surface area contributed by atoms with E-state index in [-0.39, 0.29) is 5.75 Å². The predicted octanol–water partition coefficient (Wildman–Crippen LogP) is 4.29. The second kappa shape index (κ2) is 6.77. The maximum absolute atomic E-state index is 12.4. The third-order valence-corrected chi connectivity index (χ3v) is 3.77. The lowest BCUT2D eigenvalue weighted by atomic mass is 9.87. The van der Waals surface area contributed by atoms with E-state index in [1.54, 1.807) is 12.1 Å². The standard InChI is InChI=1S/C15H21F2NO2/c1-10-3-5-11(6-4-10)18-12-7-8-13(19-2)14(9-12)20-15(16)17/h7-11,15,18H,3-6H2,1-2H3. The third kappa shape index (κ3) is 3.99. The second-order valence-corrected chi connectivity index (χ2v) is 5.35. The quantitative estimate of drug-likeness (QED) is 0.875. The van der Waals surface area contributed by atoms with E-state index in [1.165, 1.54) is 20.0 Å². The number of nitrogens with one attached hydrogen (secondary N) is 1. The summed E-state index contributed by atoms with van der Waals surface area (Å²) in [5, 5.41) is 3.39. The van der Waals surface area contributed by atoms with Crippen molar-refractivity contribution in [1.82, 2.24) is 0 Å². The van der Waals surface area contributed by atoms with Gasteiger partial charge in [-0.15, -0.1) is 0 Å². The van der Waals surface area contributed by atoms with Crippen LogP contribution in [0.25, 0.3) is 0 Å². The molecule has 0 saturated heterocycles. The molecule has 3 nitrogen and oxygen atoms in total. The Balaban J connectivity index is 2.04. The molecule has 2 rings (SSSR count). The van der Waals surface area contributed by atoms with Crippen molar-refractivity contribution in [2.24, 2.45) is 5.92 Å². The van der Waals surface area contributed by atoms with Gasteiger partial charge in [-0.25, -0.2) is 0 Å². The first-order valence-corrected chi connectivity index (χ1v) is 6.98. The number of alkyl halides is 2. The van der Waals surface area contributed by atoms with Crippen LogP contribution in [0.15, 0.2) is 18.2 Å². The average molecular weight is 285 g/mol. The van der Waals surface area contributed by atoms with Gasteiger partial charge in [-0.05, 0) is 43.7 Å². The number of anilines is 1. The van der Waals surface area contributed by atoms with Crippen LogP contribution >= 0.6 is 0 Å². The topological polar surface area (TPSA) is 30.5 Å². The molecule has 1 aromatic rings. The van der Waals surface area contributed by atoms with E-state index >= 15 is 0 Å². The number of ether oxygens (including phenoxy) is 2. The van der Waals surface area contributed by atoms with Crippen LogP contribution in [0.1, 0.15) is 32.6 Å². The van der Waals surface area contributed by atoms with Gasteiger partial charge in [0.1, 0.15) is 0 Å². The Bertz CT molecular complexity index is 432. The van der Waals surface area contributed by atoms with Crippen LogP contribution in [-0.4, -0.2) is 19.8 Å². The van der Waals surface area contributed by atoms with Crippen molar-refractivity contribution >= 4 is 5.69 Å². The molecular weight excluding hydrogens is 264 g/mol. The molecule has 0 amide bonds. The van der Waals surface area contributed by atoms with Crippen molar-refractivity contribution in [3.05, 3.63) is 18.2 Å². The maximum atomic E-state index is 12.4. The molecule has 0 bridgehead atoms. The van der Waals surface area contributed by atoms with E-state index in [9.17, 15) is 8.78 Å². The highest BCUT2D eigenvalue weighted by Gasteiger charge is 2.19. The summed E-state index contributed by atoms with van der Waals surface area (Å²) < 4.78 is 34.2. The number of hydrogen-bond donors (Lipinski definition) is 1. The summed E-state index contributed by atoms with van der Waals surface area (Å²) in [6.45, 7) is -0.590. The molecule has 1 N–H and O–H groups in total. The van der Waals surface area contributed by atoms with Crippen molar-refractivity contribution in [3.8, 4) is 11.5 Å². The molecule has 20 heavy (non-hydrogen) atoms. The van der Waals surface area contributed by atoms with Gasteiger partial charge in [-0.3, -0.25) is 0 Å². The van der Waals surface area contributed by atoms with Crippen LogP contribution in [-0.2, 0) is 0 Å². The van der Waals surface area contributed by atoms with Crippen molar-refractivity contribution in [1.29, 1.82) is 0 Å². The maximum Gasteiger partial charge on any atom is 0.387 e. The Hall–Kier alpha value is -1.52. The molecule has 1 fully saturated rings. The highest BCUT2D eigenvalue weighted by atomic mass is 19.3. The third-order valence-electron chi connectivity index (χ3n) is 3.77. The Morgan fingerprint density at radius 3 is 2.45 bits per heavy atom. The predicted molar refractivity (Wildman–Crippen MR) is 74.7 cm³/mol. The van der Waals surface area contributed by atoms with Crippen LogP contribution in [0.3, 0.4) is 0 Å². The minimum absolute atomic E-state index is 0.0664. The van der Waals surface area contributed by atoms with E-state index in [4.69, 9.17) is 4.74 Å². The van der Waals surface area contributed by atoms with Gasteiger partial charge < -0.3 is 14.8 Å². The van der Waals surface area contributed by atoms with Gasteiger partial charge >= 0.3 is 6.61 Å². The van der Waals surface area contributed by atoms with Gasteiger partial charge in [0.05, 0.1) is 7.11 Å². The van der Waals surface area contributed by atoms with Crippen LogP contribution in [0.4, 0.5) is 14.5 Å². The first-order chi connectivity index (χ1) is 9.58. The van der Waals surface area contributed by atoms with E-state index < -0.39 is 6.61 Å². The lowest BCUT2D eigenvalue weighted by Gasteiger charge is -2.28.